The normalized spacial score (nSPS) is 11.9. The molecule has 2 rings (SSSR count). The molecule has 0 spiro atoms. The maximum Gasteiger partial charge on any atom is 0.446 e. The number of benzene rings is 2. The highest BCUT2D eigenvalue weighted by Gasteiger charge is 2.21. The number of aromatic hydroxyl groups is 1. The van der Waals surface area contributed by atoms with Crippen LogP contribution in [0.5, 0.6) is 17.2 Å². The van der Waals surface area contributed by atoms with Gasteiger partial charge in [0, 0.05) is 6.07 Å². The van der Waals surface area contributed by atoms with Crippen molar-refractivity contribution in [2.75, 3.05) is 0 Å². The third-order valence-corrected chi connectivity index (χ3v) is 4.00. The molecule has 2 aromatic rings. The summed E-state index contributed by atoms with van der Waals surface area (Å²) >= 11 is 0. The lowest BCUT2D eigenvalue weighted by Crippen LogP contribution is -2.11. The van der Waals surface area contributed by atoms with Crippen LogP contribution in [0.25, 0.3) is 0 Å². The first-order chi connectivity index (χ1) is 10.2. The Balaban J connectivity index is 2.38. The first-order valence-electron chi connectivity index (χ1n) is 5.67. The van der Waals surface area contributed by atoms with Gasteiger partial charge in [-0.2, -0.15) is 16.8 Å². The van der Waals surface area contributed by atoms with Crippen LogP contribution >= 0.6 is 0 Å². The standard InChI is InChI=1S/C12H10O8S2/c13-11-7-6-10(8-12(11)20-22(16,17)18)21(14,15)19-9-4-2-1-3-5-9/h1-8,13H,(H,16,17,18). The first-order valence-corrected chi connectivity index (χ1v) is 8.44. The van der Waals surface area contributed by atoms with Gasteiger partial charge in [0.1, 0.15) is 10.6 Å². The van der Waals surface area contributed by atoms with Gasteiger partial charge in [-0.25, -0.2) is 0 Å². The lowest BCUT2D eigenvalue weighted by atomic mass is 10.3. The predicted molar refractivity (Wildman–Crippen MR) is 74.5 cm³/mol. The molecular formula is C12H10O8S2. The summed E-state index contributed by atoms with van der Waals surface area (Å²) in [7, 11) is -9.19. The van der Waals surface area contributed by atoms with Crippen LogP contribution in [0.4, 0.5) is 0 Å². The minimum absolute atomic E-state index is 0.0489. The van der Waals surface area contributed by atoms with Crippen molar-refractivity contribution >= 4 is 20.5 Å². The van der Waals surface area contributed by atoms with Crippen molar-refractivity contribution in [3.63, 3.8) is 0 Å². The zero-order valence-electron chi connectivity index (χ0n) is 10.8. The van der Waals surface area contributed by atoms with Crippen LogP contribution in [0.15, 0.2) is 53.4 Å². The number of para-hydroxylation sites is 1. The van der Waals surface area contributed by atoms with Crippen LogP contribution in [0.2, 0.25) is 0 Å². The van der Waals surface area contributed by atoms with E-state index in [1.54, 1.807) is 18.2 Å². The molecule has 2 aromatic carbocycles. The molecule has 0 heterocycles. The topological polar surface area (TPSA) is 127 Å². The average Bonchev–Trinajstić information content (AvgIpc) is 2.40. The second kappa shape index (κ2) is 5.83. The monoisotopic (exact) mass is 346 g/mol. The Morgan fingerprint density at radius 3 is 2.09 bits per heavy atom. The van der Waals surface area contributed by atoms with Crippen LogP contribution in [-0.2, 0) is 20.5 Å². The minimum atomic E-state index is -4.92. The van der Waals surface area contributed by atoms with Crippen molar-refractivity contribution in [2.24, 2.45) is 0 Å². The number of phenols is 1. The Labute approximate surface area is 126 Å². The number of phenolic OH excluding ortho intramolecular Hbond substituents is 1. The molecule has 0 aliphatic heterocycles. The van der Waals surface area contributed by atoms with Crippen LogP contribution < -0.4 is 8.37 Å². The van der Waals surface area contributed by atoms with Gasteiger partial charge in [-0.3, -0.25) is 4.55 Å². The van der Waals surface area contributed by atoms with Gasteiger partial charge >= 0.3 is 20.5 Å². The van der Waals surface area contributed by atoms with E-state index in [9.17, 15) is 21.9 Å². The summed E-state index contributed by atoms with van der Waals surface area (Å²) < 4.78 is 62.9. The summed E-state index contributed by atoms with van der Waals surface area (Å²) in [5.41, 5.74) is 0. The Morgan fingerprint density at radius 1 is 0.864 bits per heavy atom. The maximum absolute atomic E-state index is 12.1. The molecular weight excluding hydrogens is 336 g/mol. The fraction of sp³-hybridized carbons (Fsp3) is 0. The van der Waals surface area contributed by atoms with E-state index in [0.29, 0.717) is 6.07 Å². The molecule has 0 saturated carbocycles. The van der Waals surface area contributed by atoms with Gasteiger partial charge in [0.25, 0.3) is 0 Å². The Hall–Kier alpha value is -2.30. The molecule has 0 aliphatic rings. The summed E-state index contributed by atoms with van der Waals surface area (Å²) in [6.45, 7) is 0. The molecule has 0 atom stereocenters. The molecule has 8 nitrogen and oxygen atoms in total. The van der Waals surface area contributed by atoms with Crippen molar-refractivity contribution in [3.8, 4) is 17.2 Å². The fourth-order valence-corrected chi connectivity index (χ4v) is 2.79. The van der Waals surface area contributed by atoms with Crippen LogP contribution in [0, 0.1) is 0 Å². The Bertz CT molecular complexity index is 873. The predicted octanol–water partition coefficient (Wildman–Crippen LogP) is 1.34. The number of rotatable bonds is 5. The molecule has 0 unspecified atom stereocenters. The molecule has 22 heavy (non-hydrogen) atoms. The van der Waals surface area contributed by atoms with Gasteiger partial charge in [0.05, 0.1) is 0 Å². The third kappa shape index (κ3) is 4.10. The van der Waals surface area contributed by atoms with Crippen LogP contribution in [0.3, 0.4) is 0 Å². The van der Waals surface area contributed by atoms with Crippen molar-refractivity contribution < 1.29 is 34.9 Å². The molecule has 0 fully saturated rings. The van der Waals surface area contributed by atoms with E-state index in [2.05, 4.69) is 4.18 Å². The SMILES string of the molecule is O=S(=O)(O)Oc1cc(S(=O)(=O)Oc2ccccc2)ccc1O. The molecule has 0 bridgehead atoms. The van der Waals surface area contributed by atoms with E-state index < -0.39 is 36.9 Å². The van der Waals surface area contributed by atoms with Crippen molar-refractivity contribution in [2.45, 2.75) is 4.90 Å². The first kappa shape index (κ1) is 16.1. The maximum atomic E-state index is 12.1. The molecule has 10 heteroatoms. The summed E-state index contributed by atoms with van der Waals surface area (Å²) in [5.74, 6) is -1.37. The number of hydrogen-bond acceptors (Lipinski definition) is 7. The number of hydrogen-bond donors (Lipinski definition) is 2. The van der Waals surface area contributed by atoms with E-state index in [1.165, 1.54) is 12.1 Å². The quantitative estimate of drug-likeness (QED) is 0.613. The average molecular weight is 346 g/mol. The molecule has 0 amide bonds. The largest absolute Gasteiger partial charge is 0.504 e. The zero-order chi connectivity index (χ0) is 16.4. The van der Waals surface area contributed by atoms with Gasteiger partial charge in [-0.1, -0.05) is 18.2 Å². The second-order valence-corrected chi connectivity index (χ2v) is 6.56. The van der Waals surface area contributed by atoms with Crippen molar-refractivity contribution in [3.05, 3.63) is 48.5 Å². The highest BCUT2D eigenvalue weighted by molar-refractivity contribution is 7.87. The zero-order valence-corrected chi connectivity index (χ0v) is 12.4. The molecule has 2 N–H and O–H groups in total. The lowest BCUT2D eigenvalue weighted by Gasteiger charge is -2.09. The van der Waals surface area contributed by atoms with Gasteiger partial charge < -0.3 is 13.5 Å². The van der Waals surface area contributed by atoms with E-state index in [-0.39, 0.29) is 5.75 Å². The summed E-state index contributed by atoms with van der Waals surface area (Å²) in [4.78, 5) is -0.465. The smallest absolute Gasteiger partial charge is 0.446 e. The molecule has 0 radical (unpaired) electrons. The van der Waals surface area contributed by atoms with Gasteiger partial charge in [-0.05, 0) is 24.3 Å². The highest BCUT2D eigenvalue weighted by Crippen LogP contribution is 2.30. The Morgan fingerprint density at radius 2 is 1.50 bits per heavy atom. The van der Waals surface area contributed by atoms with E-state index in [0.717, 1.165) is 12.1 Å². The van der Waals surface area contributed by atoms with Crippen molar-refractivity contribution in [1.82, 2.24) is 0 Å². The summed E-state index contributed by atoms with van der Waals surface area (Å²) in [6.07, 6.45) is 0. The molecule has 0 saturated heterocycles. The lowest BCUT2D eigenvalue weighted by molar-refractivity contribution is 0.370. The third-order valence-electron chi connectivity index (χ3n) is 2.36. The summed E-state index contributed by atoms with van der Waals surface area (Å²) in [5, 5.41) is 9.42. The fourth-order valence-electron chi connectivity index (χ4n) is 1.48. The van der Waals surface area contributed by atoms with Crippen LogP contribution in [-0.4, -0.2) is 26.5 Å². The van der Waals surface area contributed by atoms with Gasteiger partial charge in [-0.15, -0.1) is 0 Å². The van der Waals surface area contributed by atoms with Crippen LogP contribution in [0.1, 0.15) is 0 Å². The Kier molecular flexibility index (Phi) is 4.26. The second-order valence-electron chi connectivity index (χ2n) is 3.99. The highest BCUT2D eigenvalue weighted by atomic mass is 32.3. The molecule has 0 aromatic heterocycles. The van der Waals surface area contributed by atoms with E-state index in [1.807, 2.05) is 0 Å². The van der Waals surface area contributed by atoms with Crippen molar-refractivity contribution in [1.29, 1.82) is 0 Å². The van der Waals surface area contributed by atoms with E-state index >= 15 is 0 Å². The van der Waals surface area contributed by atoms with Gasteiger partial charge in [0.2, 0.25) is 0 Å². The van der Waals surface area contributed by atoms with E-state index in [4.69, 9.17) is 8.74 Å². The summed E-state index contributed by atoms with van der Waals surface area (Å²) in [6, 6.07) is 10.2. The minimum Gasteiger partial charge on any atom is -0.504 e. The molecule has 118 valence electrons. The van der Waals surface area contributed by atoms with Gasteiger partial charge in [0.15, 0.2) is 11.5 Å². The molecule has 0 aliphatic carbocycles.